The van der Waals surface area contributed by atoms with Gasteiger partial charge in [-0.2, -0.15) is 0 Å². The van der Waals surface area contributed by atoms with E-state index in [1.807, 2.05) is 12.1 Å². The molecule has 1 unspecified atom stereocenters. The van der Waals surface area contributed by atoms with Crippen LogP contribution in [0.25, 0.3) is 0 Å². The van der Waals surface area contributed by atoms with Crippen LogP contribution in [0, 0.1) is 5.41 Å². The van der Waals surface area contributed by atoms with E-state index in [-0.39, 0.29) is 12.6 Å². The number of rotatable bonds is 4. The fourth-order valence-electron chi connectivity index (χ4n) is 1.68. The molecule has 1 aliphatic heterocycles. The number of guanidine groups is 1. The van der Waals surface area contributed by atoms with Crippen molar-refractivity contribution in [3.63, 3.8) is 0 Å². The Morgan fingerprint density at radius 1 is 1.53 bits per heavy atom. The van der Waals surface area contributed by atoms with Gasteiger partial charge in [-0.1, -0.05) is 6.07 Å². The van der Waals surface area contributed by atoms with E-state index in [1.54, 1.807) is 6.07 Å². The summed E-state index contributed by atoms with van der Waals surface area (Å²) < 4.78 is 18.0. The molecule has 0 amide bonds. The molecule has 0 radical (unpaired) electrons. The molecule has 1 aromatic rings. The van der Waals surface area contributed by atoms with Crippen molar-refractivity contribution in [2.75, 3.05) is 19.8 Å². The summed E-state index contributed by atoms with van der Waals surface area (Å²) in [7, 11) is 0. The van der Waals surface area contributed by atoms with Crippen LogP contribution in [0.5, 0.6) is 5.75 Å². The summed E-state index contributed by atoms with van der Waals surface area (Å²) in [6.07, 6.45) is 0. The van der Waals surface area contributed by atoms with Gasteiger partial charge in [0.25, 0.3) is 0 Å². The second kappa shape index (κ2) is 5.35. The fourth-order valence-corrected chi connectivity index (χ4v) is 2.19. The van der Waals surface area contributed by atoms with Crippen LogP contribution in [0.4, 0.5) is 4.39 Å². The van der Waals surface area contributed by atoms with Crippen LogP contribution in [0.15, 0.2) is 22.7 Å². The fraction of sp³-hybridized carbons (Fsp3) is 0.364. The SMILES string of the molecule is N=C1NCC(c2ccc(OCC[18F])c(Br)c2)N1. The van der Waals surface area contributed by atoms with Gasteiger partial charge in [-0.25, -0.2) is 4.39 Å². The average Bonchev–Trinajstić information content (AvgIpc) is 2.74. The molecule has 1 aromatic carbocycles. The highest BCUT2D eigenvalue weighted by molar-refractivity contribution is 9.10. The Bertz CT molecular complexity index is 427. The third-order valence-electron chi connectivity index (χ3n) is 2.49. The predicted octanol–water partition coefficient (Wildman–Crippen LogP) is 1.97. The third kappa shape index (κ3) is 2.88. The number of benzene rings is 1. The van der Waals surface area contributed by atoms with Crippen molar-refractivity contribution in [3.8, 4) is 5.75 Å². The van der Waals surface area contributed by atoms with Crippen LogP contribution in [0.1, 0.15) is 11.6 Å². The molecule has 1 saturated heterocycles. The third-order valence-corrected chi connectivity index (χ3v) is 3.11. The number of ether oxygens (including phenoxy) is 1. The molecule has 4 nitrogen and oxygen atoms in total. The van der Waals surface area contributed by atoms with Gasteiger partial charge in [-0.3, -0.25) is 5.41 Å². The lowest BCUT2D eigenvalue weighted by Crippen LogP contribution is -2.22. The van der Waals surface area contributed by atoms with Crippen molar-refractivity contribution in [2.24, 2.45) is 0 Å². The smallest absolute Gasteiger partial charge is 0.189 e. The molecule has 92 valence electrons. The van der Waals surface area contributed by atoms with Crippen molar-refractivity contribution >= 4 is 21.9 Å². The van der Waals surface area contributed by atoms with Crippen LogP contribution in [-0.4, -0.2) is 25.8 Å². The van der Waals surface area contributed by atoms with E-state index < -0.39 is 6.67 Å². The Kier molecular flexibility index (Phi) is 3.83. The van der Waals surface area contributed by atoms with Gasteiger partial charge < -0.3 is 15.4 Å². The minimum atomic E-state index is -0.501. The Morgan fingerprint density at radius 2 is 2.35 bits per heavy atom. The summed E-state index contributed by atoms with van der Waals surface area (Å²) in [5.41, 5.74) is 1.05. The van der Waals surface area contributed by atoms with Gasteiger partial charge in [-0.05, 0) is 33.6 Å². The van der Waals surface area contributed by atoms with Gasteiger partial charge in [0.05, 0.1) is 10.5 Å². The zero-order valence-corrected chi connectivity index (χ0v) is 10.7. The predicted molar refractivity (Wildman–Crippen MR) is 67.2 cm³/mol. The maximum atomic E-state index is 12.0. The largest absolute Gasteiger partial charge is 0.490 e. The molecule has 0 saturated carbocycles. The van der Waals surface area contributed by atoms with Crippen LogP contribution in [-0.2, 0) is 0 Å². The highest BCUT2D eigenvalue weighted by Crippen LogP contribution is 2.28. The second-order valence-corrected chi connectivity index (χ2v) is 4.53. The Balaban J connectivity index is 2.10. The lowest BCUT2D eigenvalue weighted by atomic mass is 10.1. The molecule has 2 rings (SSSR count). The summed E-state index contributed by atoms with van der Waals surface area (Å²) in [5.74, 6) is 0.969. The summed E-state index contributed by atoms with van der Waals surface area (Å²) in [6, 6.07) is 5.73. The lowest BCUT2D eigenvalue weighted by molar-refractivity contribution is 0.272. The molecule has 0 bridgehead atoms. The van der Waals surface area contributed by atoms with Gasteiger partial charge >= 0.3 is 0 Å². The first kappa shape index (κ1) is 12.2. The summed E-state index contributed by atoms with van der Waals surface area (Å²) in [5, 5.41) is 13.3. The normalized spacial score (nSPS) is 18.7. The highest BCUT2D eigenvalue weighted by atomic mass is 79.9. The van der Waals surface area contributed by atoms with Gasteiger partial charge in [0, 0.05) is 6.54 Å². The standard InChI is InChI=1S/C11H13BrFN3O/c12-8-5-7(9-6-15-11(14)16-9)1-2-10(8)17-4-3-13/h1-2,5,9H,3-4,6H2,(H3,14,15,16)/i13-1. The van der Waals surface area contributed by atoms with Gasteiger partial charge in [-0.15, -0.1) is 0 Å². The first-order valence-corrected chi connectivity index (χ1v) is 6.07. The van der Waals surface area contributed by atoms with Crippen molar-refractivity contribution in [2.45, 2.75) is 6.04 Å². The quantitative estimate of drug-likeness (QED) is 0.797. The summed E-state index contributed by atoms with van der Waals surface area (Å²) in [6.45, 7) is 0.251. The van der Waals surface area contributed by atoms with Crippen LogP contribution >= 0.6 is 15.9 Å². The van der Waals surface area contributed by atoms with Crippen LogP contribution in [0.2, 0.25) is 0 Å². The minimum absolute atomic E-state index is 0.0613. The highest BCUT2D eigenvalue weighted by Gasteiger charge is 2.19. The average molecular weight is 301 g/mol. The first-order valence-electron chi connectivity index (χ1n) is 5.28. The van der Waals surface area contributed by atoms with Crippen molar-refractivity contribution in [3.05, 3.63) is 28.2 Å². The number of alkyl halides is 1. The van der Waals surface area contributed by atoms with E-state index in [4.69, 9.17) is 10.1 Å². The minimum Gasteiger partial charge on any atom is -0.490 e. The molecule has 3 N–H and O–H groups in total. The molecular formula is C11H13BrFN3O. The maximum absolute atomic E-state index is 12.0. The lowest BCUT2D eigenvalue weighted by Gasteiger charge is -2.12. The van der Waals surface area contributed by atoms with Crippen molar-refractivity contribution in [1.29, 1.82) is 5.41 Å². The molecule has 6 heteroatoms. The zero-order valence-electron chi connectivity index (χ0n) is 9.09. The summed E-state index contributed by atoms with van der Waals surface area (Å²) in [4.78, 5) is 0. The summed E-state index contributed by atoms with van der Waals surface area (Å²) >= 11 is 3.39. The topological polar surface area (TPSA) is 57.1 Å². The number of nitrogens with one attached hydrogen (secondary N) is 3. The van der Waals surface area contributed by atoms with E-state index in [1.165, 1.54) is 0 Å². The van der Waals surface area contributed by atoms with E-state index in [0.29, 0.717) is 18.3 Å². The molecule has 0 aromatic heterocycles. The zero-order chi connectivity index (χ0) is 12.3. The number of hydrogen-bond donors (Lipinski definition) is 3. The van der Waals surface area contributed by atoms with Crippen LogP contribution < -0.4 is 15.4 Å². The van der Waals surface area contributed by atoms with Crippen molar-refractivity contribution in [1.82, 2.24) is 10.6 Å². The molecule has 0 spiro atoms. The second-order valence-electron chi connectivity index (χ2n) is 3.68. The Hall–Kier alpha value is -1.30. The van der Waals surface area contributed by atoms with E-state index in [2.05, 4.69) is 26.6 Å². The Labute approximate surface area is 107 Å². The van der Waals surface area contributed by atoms with E-state index in [0.717, 1.165) is 10.0 Å². The maximum Gasteiger partial charge on any atom is 0.189 e. The van der Waals surface area contributed by atoms with Gasteiger partial charge in [0.2, 0.25) is 0 Å². The molecule has 0 aliphatic carbocycles. The molecule has 1 fully saturated rings. The van der Waals surface area contributed by atoms with Crippen molar-refractivity contribution < 1.29 is 9.13 Å². The van der Waals surface area contributed by atoms with E-state index in [9.17, 15) is 4.39 Å². The van der Waals surface area contributed by atoms with E-state index >= 15 is 0 Å². The molecule has 1 atom stereocenters. The Morgan fingerprint density at radius 3 is 2.94 bits per heavy atom. The monoisotopic (exact) mass is 300 g/mol. The number of hydrogen-bond acceptors (Lipinski definition) is 2. The van der Waals surface area contributed by atoms with Gasteiger partial charge in [0.1, 0.15) is 19.0 Å². The number of halogens is 2. The molecule has 17 heavy (non-hydrogen) atoms. The molecular weight excluding hydrogens is 288 g/mol. The van der Waals surface area contributed by atoms with Crippen LogP contribution in [0.3, 0.4) is 0 Å². The molecule has 1 aliphatic rings. The molecule has 1 heterocycles. The van der Waals surface area contributed by atoms with Gasteiger partial charge in [0.15, 0.2) is 5.96 Å². The first-order chi connectivity index (χ1) is 8.20.